The Morgan fingerprint density at radius 1 is 1.56 bits per heavy atom. The summed E-state index contributed by atoms with van der Waals surface area (Å²) in [5.74, 6) is -0.315. The number of likely N-dealkylation sites (tertiary alicyclic amines) is 1. The molecule has 1 saturated carbocycles. The van der Waals surface area contributed by atoms with Crippen molar-refractivity contribution >= 4 is 6.09 Å². The van der Waals surface area contributed by atoms with Gasteiger partial charge in [-0.2, -0.15) is 0 Å². The molecule has 1 saturated heterocycles. The van der Waals surface area contributed by atoms with Crippen LogP contribution in [0.15, 0.2) is 0 Å². The Bertz CT molecular complexity index is 367. The van der Waals surface area contributed by atoms with Gasteiger partial charge >= 0.3 is 6.09 Å². The Labute approximate surface area is 99.4 Å². The van der Waals surface area contributed by atoms with Gasteiger partial charge in [-0.25, -0.2) is 4.79 Å². The summed E-state index contributed by atoms with van der Waals surface area (Å²) in [4.78, 5) is 13.6. The zero-order chi connectivity index (χ0) is 13.9. The van der Waals surface area contributed by atoms with Crippen molar-refractivity contribution in [3.05, 3.63) is 0 Å². The van der Waals surface area contributed by atoms with Gasteiger partial charge < -0.3 is 9.84 Å². The van der Waals surface area contributed by atoms with Crippen LogP contribution in [0, 0.1) is 5.92 Å². The second kappa shape index (κ2) is 3.62. The molecule has 1 unspecified atom stereocenters. The molecule has 2 bridgehead atoms. The van der Waals surface area contributed by atoms with Gasteiger partial charge in [0, 0.05) is 8.78 Å². The minimum Gasteiger partial charge on any atom is -0.444 e. The third-order valence-electron chi connectivity index (χ3n) is 3.23. The smallest absolute Gasteiger partial charge is 0.410 e. The number of carbonyl (C=O) groups is 1. The lowest BCUT2D eigenvalue weighted by molar-refractivity contribution is -0.0152. The third-order valence-corrected chi connectivity index (χ3v) is 3.23. The van der Waals surface area contributed by atoms with Crippen LogP contribution in [-0.4, -0.2) is 39.9 Å². The van der Waals surface area contributed by atoms with Crippen LogP contribution in [0.25, 0.3) is 0 Å². The van der Waals surface area contributed by atoms with E-state index in [4.69, 9.17) is 7.48 Å². The molecule has 1 heterocycles. The first-order valence-corrected chi connectivity index (χ1v) is 5.75. The number of rotatable bonds is 0. The number of ether oxygens (including phenoxy) is 1. The fourth-order valence-electron chi connectivity index (χ4n) is 2.50. The predicted molar refractivity (Wildman–Crippen MR) is 60.1 cm³/mol. The van der Waals surface area contributed by atoms with E-state index in [1.807, 2.05) is 6.92 Å². The van der Waals surface area contributed by atoms with E-state index in [-0.39, 0.29) is 12.0 Å². The lowest BCUT2D eigenvalue weighted by atomic mass is 10.00. The van der Waals surface area contributed by atoms with Crippen molar-refractivity contribution < 1.29 is 17.4 Å². The predicted octanol–water partition coefficient (Wildman–Crippen LogP) is 1.77. The highest BCUT2D eigenvalue weighted by Crippen LogP contribution is 2.42. The molecule has 1 aliphatic heterocycles. The maximum absolute atomic E-state index is 12.1. The number of hydrogen-bond donors (Lipinski definition) is 1. The lowest BCUT2D eigenvalue weighted by Crippen LogP contribution is -2.50. The number of fused-ring (bicyclic) bond motifs is 2. The summed E-state index contributed by atoms with van der Waals surface area (Å²) in [6.07, 6.45) is -2.68. The summed E-state index contributed by atoms with van der Waals surface area (Å²) in [6.45, 7) is 7.19. The number of piperidine rings is 1. The van der Waals surface area contributed by atoms with E-state index < -0.39 is 30.2 Å². The average molecular weight is 229 g/mol. The minimum absolute atomic E-state index is 0.233. The number of nitrogens with zero attached hydrogens (tertiary/aromatic N) is 1. The number of aliphatic hydroxyl groups is 1. The lowest BCUT2D eigenvalue weighted by Gasteiger charge is -2.36. The van der Waals surface area contributed by atoms with Crippen molar-refractivity contribution in [2.75, 3.05) is 0 Å². The van der Waals surface area contributed by atoms with E-state index in [9.17, 15) is 9.90 Å². The normalized spacial score (nSPS) is 42.9. The summed E-state index contributed by atoms with van der Waals surface area (Å²) in [6, 6.07) is -0.696. The molecule has 4 heteroatoms. The summed E-state index contributed by atoms with van der Waals surface area (Å²) < 4.78 is 21.0. The quantitative estimate of drug-likeness (QED) is 0.688. The molecule has 16 heavy (non-hydrogen) atoms. The minimum atomic E-state index is -1.61. The van der Waals surface area contributed by atoms with E-state index in [1.54, 1.807) is 20.8 Å². The molecule has 0 aromatic heterocycles. The molecule has 0 aromatic carbocycles. The van der Waals surface area contributed by atoms with Crippen LogP contribution in [0.2, 0.25) is 0 Å². The highest BCUT2D eigenvalue weighted by Gasteiger charge is 2.51. The van der Waals surface area contributed by atoms with E-state index in [2.05, 4.69) is 0 Å². The standard InChI is InChI=1S/C12H21NO3/c1-7-8-5-9(10(14)6-8)13(7)11(15)16-12(2,3)4/h7-10,14H,5-6H2,1-4H3/t7-,8-,9+,10?/m1/s1/i6D2. The van der Waals surface area contributed by atoms with Crippen LogP contribution < -0.4 is 0 Å². The highest BCUT2D eigenvalue weighted by molar-refractivity contribution is 5.70. The summed E-state index contributed by atoms with van der Waals surface area (Å²) in [5.41, 5.74) is -0.581. The van der Waals surface area contributed by atoms with Crippen molar-refractivity contribution in [3.8, 4) is 0 Å². The van der Waals surface area contributed by atoms with Gasteiger partial charge in [-0.05, 0) is 46.4 Å². The van der Waals surface area contributed by atoms with E-state index in [0.29, 0.717) is 6.42 Å². The molecule has 4 nitrogen and oxygen atoms in total. The highest BCUT2D eigenvalue weighted by atomic mass is 16.6. The first kappa shape index (κ1) is 9.28. The van der Waals surface area contributed by atoms with Gasteiger partial charge in [0.2, 0.25) is 0 Å². The van der Waals surface area contributed by atoms with Crippen LogP contribution in [0.4, 0.5) is 4.79 Å². The van der Waals surface area contributed by atoms with Crippen LogP contribution in [0.1, 0.15) is 43.2 Å². The Hall–Kier alpha value is -0.770. The molecule has 4 atom stereocenters. The molecule has 2 fully saturated rings. The molecule has 2 rings (SSSR count). The van der Waals surface area contributed by atoms with Gasteiger partial charge in [-0.1, -0.05) is 0 Å². The molecule has 92 valence electrons. The number of aliphatic hydroxyl groups excluding tert-OH is 1. The zero-order valence-corrected chi connectivity index (χ0v) is 10.2. The van der Waals surface area contributed by atoms with Crippen molar-refractivity contribution in [2.45, 2.75) is 64.3 Å². The SMILES string of the molecule is [2H]C1([2H])C(O)[C@@H]2C[C@H]1[C@@H](C)N2C(=O)OC(C)(C)C. The van der Waals surface area contributed by atoms with Crippen molar-refractivity contribution in [2.24, 2.45) is 5.92 Å². The Morgan fingerprint density at radius 2 is 2.19 bits per heavy atom. The summed E-state index contributed by atoms with van der Waals surface area (Å²) in [7, 11) is 0. The van der Waals surface area contributed by atoms with Crippen LogP contribution in [0.3, 0.4) is 0 Å². The van der Waals surface area contributed by atoms with Crippen LogP contribution >= 0.6 is 0 Å². The second-order valence-corrected chi connectivity index (χ2v) is 5.65. The number of amides is 1. The Morgan fingerprint density at radius 3 is 2.69 bits per heavy atom. The van der Waals surface area contributed by atoms with Gasteiger partial charge in [-0.3, -0.25) is 4.90 Å². The van der Waals surface area contributed by atoms with Gasteiger partial charge in [0.25, 0.3) is 0 Å². The maximum Gasteiger partial charge on any atom is 0.410 e. The monoisotopic (exact) mass is 229 g/mol. The first-order valence-electron chi connectivity index (χ1n) is 6.75. The first-order chi connectivity index (χ1) is 8.05. The molecule has 2 aliphatic rings. The van der Waals surface area contributed by atoms with Gasteiger partial charge in [0.1, 0.15) is 5.60 Å². The van der Waals surface area contributed by atoms with E-state index in [0.717, 1.165) is 0 Å². The largest absolute Gasteiger partial charge is 0.444 e. The fraction of sp³-hybridized carbons (Fsp3) is 0.917. The molecule has 0 spiro atoms. The molecule has 0 aromatic rings. The van der Waals surface area contributed by atoms with Crippen molar-refractivity contribution in [1.29, 1.82) is 0 Å². The van der Waals surface area contributed by atoms with E-state index >= 15 is 0 Å². The van der Waals surface area contributed by atoms with Gasteiger partial charge in [-0.15, -0.1) is 0 Å². The van der Waals surface area contributed by atoms with Crippen molar-refractivity contribution in [1.82, 2.24) is 4.90 Å². The third kappa shape index (κ3) is 1.90. The summed E-state index contributed by atoms with van der Waals surface area (Å²) >= 11 is 0. The molecular weight excluding hydrogens is 206 g/mol. The van der Waals surface area contributed by atoms with Gasteiger partial charge in [0.15, 0.2) is 0 Å². The molecule has 1 aliphatic carbocycles. The van der Waals surface area contributed by atoms with Gasteiger partial charge in [0.05, 0.1) is 12.1 Å². The molecule has 1 N–H and O–H groups in total. The number of hydrogen-bond acceptors (Lipinski definition) is 3. The van der Waals surface area contributed by atoms with Crippen LogP contribution in [-0.2, 0) is 4.74 Å². The average Bonchev–Trinajstić information content (AvgIpc) is 2.60. The number of carbonyl (C=O) groups excluding carboxylic acids is 1. The molecular formula is C12H21NO3. The second-order valence-electron chi connectivity index (χ2n) is 5.65. The van der Waals surface area contributed by atoms with E-state index in [1.165, 1.54) is 4.90 Å². The van der Waals surface area contributed by atoms with Crippen molar-refractivity contribution in [3.63, 3.8) is 0 Å². The van der Waals surface area contributed by atoms with Crippen LogP contribution in [0.5, 0.6) is 0 Å². The molecule has 0 radical (unpaired) electrons. The Kier molecular flexibility index (Phi) is 2.10. The maximum atomic E-state index is 12.1. The summed E-state index contributed by atoms with van der Waals surface area (Å²) in [5, 5.41) is 9.96. The fourth-order valence-corrected chi connectivity index (χ4v) is 2.50. The zero-order valence-electron chi connectivity index (χ0n) is 12.2. The topological polar surface area (TPSA) is 49.8 Å². The molecule has 1 amide bonds. The Balaban J connectivity index is 2.16.